The summed E-state index contributed by atoms with van der Waals surface area (Å²) in [6.07, 6.45) is 3.46. The zero-order valence-electron chi connectivity index (χ0n) is 19.4. The average molecular weight is 456 g/mol. The Labute approximate surface area is 199 Å². The van der Waals surface area contributed by atoms with E-state index in [4.69, 9.17) is 0 Å². The molecule has 1 N–H and O–H groups in total. The quantitative estimate of drug-likeness (QED) is 0.635. The van der Waals surface area contributed by atoms with Crippen molar-refractivity contribution < 1.29 is 9.59 Å². The highest BCUT2D eigenvalue weighted by molar-refractivity contribution is 6.01. The summed E-state index contributed by atoms with van der Waals surface area (Å²) in [5.74, 6) is 1.04. The third-order valence-corrected chi connectivity index (χ3v) is 6.81. The van der Waals surface area contributed by atoms with Gasteiger partial charge in [0, 0.05) is 37.9 Å². The summed E-state index contributed by atoms with van der Waals surface area (Å²) in [6, 6.07) is 19.6. The number of benzene rings is 2. The van der Waals surface area contributed by atoms with Crippen molar-refractivity contribution in [3.63, 3.8) is 0 Å². The number of carbonyl (C=O) groups excluding carboxylic acids is 2. The van der Waals surface area contributed by atoms with Gasteiger partial charge in [0.25, 0.3) is 5.91 Å². The number of nitrogens with zero attached hydrogens (tertiary/aromatic N) is 4. The number of piperidine rings is 1. The van der Waals surface area contributed by atoms with Crippen LogP contribution in [0.3, 0.4) is 0 Å². The monoisotopic (exact) mass is 455 g/mol. The van der Waals surface area contributed by atoms with E-state index >= 15 is 0 Å². The van der Waals surface area contributed by atoms with Gasteiger partial charge in [0.15, 0.2) is 5.82 Å². The van der Waals surface area contributed by atoms with Crippen LogP contribution in [0.2, 0.25) is 0 Å². The summed E-state index contributed by atoms with van der Waals surface area (Å²) in [5.41, 5.74) is 3.90. The van der Waals surface area contributed by atoms with Gasteiger partial charge in [-0.15, -0.1) is 5.10 Å². The van der Waals surface area contributed by atoms with Crippen LogP contribution >= 0.6 is 0 Å². The maximum absolute atomic E-state index is 13.1. The molecule has 1 aromatic heterocycles. The van der Waals surface area contributed by atoms with E-state index < -0.39 is 0 Å². The van der Waals surface area contributed by atoms with E-state index in [9.17, 15) is 9.59 Å². The Morgan fingerprint density at radius 1 is 1.00 bits per heavy atom. The van der Waals surface area contributed by atoms with E-state index in [1.165, 1.54) is 5.56 Å². The van der Waals surface area contributed by atoms with E-state index in [1.807, 2.05) is 54.3 Å². The van der Waals surface area contributed by atoms with Gasteiger partial charge in [0.1, 0.15) is 0 Å². The highest BCUT2D eigenvalue weighted by Crippen LogP contribution is 2.32. The first-order chi connectivity index (χ1) is 16.6. The number of aryl methyl sites for hydroxylation is 1. The fourth-order valence-corrected chi connectivity index (χ4v) is 4.70. The fourth-order valence-electron chi connectivity index (χ4n) is 4.70. The molecule has 2 fully saturated rings. The number of hydrogen-bond donors (Lipinski definition) is 1. The molecular weight excluding hydrogens is 426 g/mol. The van der Waals surface area contributed by atoms with Crippen LogP contribution in [-0.2, 0) is 4.79 Å². The smallest absolute Gasteiger partial charge is 0.253 e. The van der Waals surface area contributed by atoms with Gasteiger partial charge >= 0.3 is 0 Å². The van der Waals surface area contributed by atoms with Gasteiger partial charge in [-0.1, -0.05) is 29.8 Å². The Bertz CT molecular complexity index is 1150. The lowest BCUT2D eigenvalue weighted by atomic mass is 9.89. The predicted octanol–water partition coefficient (Wildman–Crippen LogP) is 3.69. The summed E-state index contributed by atoms with van der Waals surface area (Å²) in [6.45, 7) is 4.88. The second kappa shape index (κ2) is 9.73. The Morgan fingerprint density at radius 3 is 2.38 bits per heavy atom. The highest BCUT2D eigenvalue weighted by atomic mass is 16.2. The maximum atomic E-state index is 13.1. The van der Waals surface area contributed by atoms with Crippen LogP contribution in [0.15, 0.2) is 66.9 Å². The van der Waals surface area contributed by atoms with Crippen LogP contribution in [0.1, 0.15) is 40.2 Å². The molecule has 0 unspecified atom stereocenters. The standard InChI is InChI=1S/C27H29N5O2/c1-19-4-2-5-22(16-19)26(33)31-14-11-21(12-15-31)20-7-9-24(10-8-20)32(25-6-3-13-29-30-25)27(34)23-17-28-18-23/h2-10,13,16,21,23,28H,11-12,14-15,17-18H2,1H3. The molecule has 2 amide bonds. The topological polar surface area (TPSA) is 78.4 Å². The number of aromatic nitrogens is 2. The van der Waals surface area contributed by atoms with Crippen molar-refractivity contribution in [2.75, 3.05) is 31.1 Å². The Hall–Kier alpha value is -3.58. The molecule has 0 aliphatic carbocycles. The van der Waals surface area contributed by atoms with Crippen LogP contribution in [0.5, 0.6) is 0 Å². The molecule has 0 atom stereocenters. The molecule has 174 valence electrons. The van der Waals surface area contributed by atoms with Gasteiger partial charge < -0.3 is 10.2 Å². The van der Waals surface area contributed by atoms with Crippen molar-refractivity contribution in [1.82, 2.24) is 20.4 Å². The molecule has 0 bridgehead atoms. The number of anilines is 2. The largest absolute Gasteiger partial charge is 0.339 e. The highest BCUT2D eigenvalue weighted by Gasteiger charge is 2.32. The summed E-state index contributed by atoms with van der Waals surface area (Å²) in [4.78, 5) is 29.6. The lowest BCUT2D eigenvalue weighted by Crippen LogP contribution is -2.51. The minimum atomic E-state index is -0.0445. The zero-order chi connectivity index (χ0) is 23.5. The maximum Gasteiger partial charge on any atom is 0.253 e. The van der Waals surface area contributed by atoms with Crippen molar-refractivity contribution >= 4 is 23.3 Å². The van der Waals surface area contributed by atoms with Gasteiger partial charge in [-0.05, 0) is 67.6 Å². The number of likely N-dealkylation sites (tertiary alicyclic amines) is 1. The summed E-state index contributed by atoms with van der Waals surface area (Å²) >= 11 is 0. The predicted molar refractivity (Wildman–Crippen MR) is 131 cm³/mol. The molecule has 0 radical (unpaired) electrons. The van der Waals surface area contributed by atoms with E-state index in [0.717, 1.165) is 42.7 Å². The van der Waals surface area contributed by atoms with Crippen LogP contribution in [0, 0.1) is 12.8 Å². The van der Waals surface area contributed by atoms with Crippen LogP contribution < -0.4 is 10.2 Å². The van der Waals surface area contributed by atoms with Crippen LogP contribution in [-0.4, -0.2) is 53.1 Å². The van der Waals surface area contributed by atoms with E-state index in [-0.39, 0.29) is 17.7 Å². The number of nitrogens with one attached hydrogen (secondary N) is 1. The minimum Gasteiger partial charge on any atom is -0.339 e. The molecule has 34 heavy (non-hydrogen) atoms. The first kappa shape index (κ1) is 22.2. The molecule has 2 aromatic carbocycles. The van der Waals surface area contributed by atoms with Crippen molar-refractivity contribution in [2.45, 2.75) is 25.7 Å². The second-order valence-electron chi connectivity index (χ2n) is 9.14. The van der Waals surface area contributed by atoms with Crippen molar-refractivity contribution in [1.29, 1.82) is 0 Å². The average Bonchev–Trinajstić information content (AvgIpc) is 2.84. The molecule has 5 rings (SSSR count). The van der Waals surface area contributed by atoms with Gasteiger partial charge in [-0.3, -0.25) is 14.5 Å². The molecule has 2 saturated heterocycles. The normalized spacial score (nSPS) is 16.7. The molecular formula is C27H29N5O2. The van der Waals surface area contributed by atoms with Crippen molar-refractivity contribution in [2.24, 2.45) is 5.92 Å². The Balaban J connectivity index is 1.27. The van der Waals surface area contributed by atoms with E-state index in [1.54, 1.807) is 17.2 Å². The molecule has 0 saturated carbocycles. The van der Waals surface area contributed by atoms with Crippen molar-refractivity contribution in [3.8, 4) is 0 Å². The van der Waals surface area contributed by atoms with Crippen LogP contribution in [0.25, 0.3) is 0 Å². The van der Waals surface area contributed by atoms with E-state index in [2.05, 4.69) is 27.6 Å². The number of amides is 2. The summed E-state index contributed by atoms with van der Waals surface area (Å²) in [7, 11) is 0. The third-order valence-electron chi connectivity index (χ3n) is 6.81. The lowest BCUT2D eigenvalue weighted by molar-refractivity contribution is -0.123. The Kier molecular flexibility index (Phi) is 6.36. The summed E-state index contributed by atoms with van der Waals surface area (Å²) < 4.78 is 0. The van der Waals surface area contributed by atoms with Gasteiger partial charge in [-0.25, -0.2) is 0 Å². The number of rotatable bonds is 5. The molecule has 2 aliphatic heterocycles. The molecule has 2 aliphatic rings. The SMILES string of the molecule is Cc1cccc(C(=O)N2CCC(c3ccc(N(C(=O)C4CNC4)c4cccnn4)cc3)CC2)c1. The fraction of sp³-hybridized carbons (Fsp3) is 0.333. The van der Waals surface area contributed by atoms with Crippen molar-refractivity contribution in [3.05, 3.63) is 83.6 Å². The second-order valence-corrected chi connectivity index (χ2v) is 9.14. The zero-order valence-corrected chi connectivity index (χ0v) is 19.4. The van der Waals surface area contributed by atoms with Gasteiger partial charge in [-0.2, -0.15) is 5.10 Å². The number of carbonyl (C=O) groups is 2. The molecule has 3 heterocycles. The van der Waals surface area contributed by atoms with Gasteiger partial charge in [0.2, 0.25) is 5.91 Å². The Morgan fingerprint density at radius 2 is 1.76 bits per heavy atom. The summed E-state index contributed by atoms with van der Waals surface area (Å²) in [5, 5.41) is 11.3. The molecule has 0 spiro atoms. The first-order valence-electron chi connectivity index (χ1n) is 11.9. The number of hydrogen-bond acceptors (Lipinski definition) is 5. The molecule has 7 heteroatoms. The lowest BCUT2D eigenvalue weighted by Gasteiger charge is -2.33. The molecule has 3 aromatic rings. The van der Waals surface area contributed by atoms with E-state index in [0.29, 0.717) is 24.8 Å². The first-order valence-corrected chi connectivity index (χ1v) is 11.9. The van der Waals surface area contributed by atoms with Crippen LogP contribution in [0.4, 0.5) is 11.5 Å². The van der Waals surface area contributed by atoms with Gasteiger partial charge in [0.05, 0.1) is 11.6 Å². The molecule has 7 nitrogen and oxygen atoms in total. The minimum absolute atomic E-state index is 0.0370. The third kappa shape index (κ3) is 4.56.